The number of carbonyl (C=O) groups excluding carboxylic acids is 1. The maximum atomic E-state index is 11.5. The van der Waals surface area contributed by atoms with Crippen LogP contribution < -0.4 is 0 Å². The van der Waals surface area contributed by atoms with Crippen molar-refractivity contribution in [2.45, 2.75) is 160 Å². The molecule has 0 amide bonds. The molecule has 47 heavy (non-hydrogen) atoms. The van der Waals surface area contributed by atoms with E-state index in [1.807, 2.05) is 0 Å². The second-order valence-electron chi connectivity index (χ2n) is 13.6. The summed E-state index contributed by atoms with van der Waals surface area (Å²) >= 11 is 0. The first-order valence-corrected chi connectivity index (χ1v) is 18.9. The van der Waals surface area contributed by atoms with Gasteiger partial charge in [0.25, 0.3) is 0 Å². The zero-order valence-electron chi connectivity index (χ0n) is 29.4. The number of hydrogen-bond donors (Lipinski definition) is 0. The maximum Gasteiger partial charge on any atom is 0.332 e. The standard InChI is InChI=1S/C38H64O9/c1-3-4-8-17-30(45-36-19-10-14-25-42-36)22-23-32-31(18-9-6-5-7-13-24-41-35(39)29-40-2)33(46-37-20-11-15-26-43-37)28-34(32)47-38-21-12-16-27-44-38/h6,9,22-23,30-34,36-38H,3-5,7-8,10-21,24-29H2,1-2H3/t30-,31+,32+,33-,34+,36?,37?,38?/m0/s1. The number of esters is 1. The van der Waals surface area contributed by atoms with E-state index in [4.69, 9.17) is 37.9 Å². The van der Waals surface area contributed by atoms with Crippen LogP contribution in [0.4, 0.5) is 0 Å². The number of rotatable bonds is 21. The average molecular weight is 665 g/mol. The molecule has 0 aromatic rings. The van der Waals surface area contributed by atoms with Crippen molar-refractivity contribution in [3.8, 4) is 0 Å². The van der Waals surface area contributed by atoms with Crippen molar-refractivity contribution in [2.75, 3.05) is 40.1 Å². The second kappa shape index (κ2) is 23.1. The summed E-state index contributed by atoms with van der Waals surface area (Å²) in [7, 11) is 1.50. The molecular formula is C38H64O9. The molecule has 0 spiro atoms. The average Bonchev–Trinajstić information content (AvgIpc) is 3.40. The number of ether oxygens (including phenoxy) is 8. The Labute approximate surface area is 284 Å². The van der Waals surface area contributed by atoms with Gasteiger partial charge in [-0.2, -0.15) is 0 Å². The van der Waals surface area contributed by atoms with Gasteiger partial charge < -0.3 is 37.9 Å². The van der Waals surface area contributed by atoms with Gasteiger partial charge in [0.1, 0.15) is 6.61 Å². The minimum absolute atomic E-state index is 0.00356. The van der Waals surface area contributed by atoms with Crippen molar-refractivity contribution >= 4 is 5.97 Å². The summed E-state index contributed by atoms with van der Waals surface area (Å²) in [6.45, 7) is 4.99. The number of allylic oxidation sites excluding steroid dienone is 2. The van der Waals surface area contributed by atoms with Gasteiger partial charge in [0.2, 0.25) is 0 Å². The van der Waals surface area contributed by atoms with Gasteiger partial charge in [0.05, 0.1) is 24.9 Å². The molecule has 4 fully saturated rings. The molecule has 1 aliphatic carbocycles. The Bertz CT molecular complexity index is 876. The summed E-state index contributed by atoms with van der Waals surface area (Å²) in [6.07, 6.45) is 27.5. The number of methoxy groups -OCH3 is 1. The minimum Gasteiger partial charge on any atom is -0.464 e. The van der Waals surface area contributed by atoms with Crippen LogP contribution in [0.2, 0.25) is 0 Å². The first kappa shape index (κ1) is 38.5. The molecule has 4 aliphatic rings. The van der Waals surface area contributed by atoms with Gasteiger partial charge in [-0.3, -0.25) is 0 Å². The molecule has 3 unspecified atom stereocenters. The number of hydrogen-bond acceptors (Lipinski definition) is 9. The monoisotopic (exact) mass is 664 g/mol. The van der Waals surface area contributed by atoms with E-state index in [1.54, 1.807) is 0 Å². The predicted molar refractivity (Wildman–Crippen MR) is 181 cm³/mol. The van der Waals surface area contributed by atoms with Crippen LogP contribution in [0.25, 0.3) is 0 Å². The molecule has 270 valence electrons. The van der Waals surface area contributed by atoms with Gasteiger partial charge >= 0.3 is 5.97 Å². The molecule has 1 saturated carbocycles. The van der Waals surface area contributed by atoms with Crippen molar-refractivity contribution in [3.05, 3.63) is 24.3 Å². The Morgan fingerprint density at radius 1 is 0.809 bits per heavy atom. The highest BCUT2D eigenvalue weighted by atomic mass is 16.7. The van der Waals surface area contributed by atoms with Crippen molar-refractivity contribution in [3.63, 3.8) is 0 Å². The Kier molecular flexibility index (Phi) is 18.9. The highest BCUT2D eigenvalue weighted by Gasteiger charge is 2.45. The zero-order valence-corrected chi connectivity index (χ0v) is 29.4. The normalized spacial score (nSPS) is 31.1. The number of carbonyl (C=O) groups is 1. The summed E-state index contributed by atoms with van der Waals surface area (Å²) < 4.78 is 48.2. The lowest BCUT2D eigenvalue weighted by molar-refractivity contribution is -0.203. The fraction of sp³-hybridized carbons (Fsp3) is 0.868. The van der Waals surface area contributed by atoms with E-state index in [2.05, 4.69) is 31.2 Å². The van der Waals surface area contributed by atoms with Gasteiger partial charge in [0.15, 0.2) is 18.9 Å². The maximum absolute atomic E-state index is 11.5. The Morgan fingerprint density at radius 3 is 2.13 bits per heavy atom. The molecule has 8 atom stereocenters. The molecule has 0 bridgehead atoms. The Hall–Kier alpha value is -1.33. The predicted octanol–water partition coefficient (Wildman–Crippen LogP) is 7.80. The van der Waals surface area contributed by atoms with Crippen LogP contribution in [0.3, 0.4) is 0 Å². The van der Waals surface area contributed by atoms with Crippen molar-refractivity contribution < 1.29 is 42.7 Å². The molecule has 3 aliphatic heterocycles. The van der Waals surface area contributed by atoms with E-state index in [0.29, 0.717) is 6.61 Å². The number of unbranched alkanes of at least 4 members (excludes halogenated alkanes) is 4. The van der Waals surface area contributed by atoms with Crippen molar-refractivity contribution in [2.24, 2.45) is 11.8 Å². The zero-order chi connectivity index (χ0) is 32.9. The third-order valence-corrected chi connectivity index (χ3v) is 9.76. The Balaban J connectivity index is 1.45. The van der Waals surface area contributed by atoms with E-state index in [1.165, 1.54) is 20.0 Å². The first-order valence-electron chi connectivity index (χ1n) is 18.9. The van der Waals surface area contributed by atoms with E-state index in [0.717, 1.165) is 123 Å². The van der Waals surface area contributed by atoms with E-state index in [9.17, 15) is 4.79 Å². The van der Waals surface area contributed by atoms with Gasteiger partial charge in [-0.1, -0.05) is 50.5 Å². The summed E-state index contributed by atoms with van der Waals surface area (Å²) in [4.78, 5) is 11.5. The molecule has 0 radical (unpaired) electrons. The minimum atomic E-state index is -0.309. The van der Waals surface area contributed by atoms with Gasteiger partial charge in [-0.05, 0) is 95.8 Å². The first-order chi connectivity index (χ1) is 23.2. The highest BCUT2D eigenvalue weighted by Crippen LogP contribution is 2.42. The van der Waals surface area contributed by atoms with Crippen molar-refractivity contribution in [1.29, 1.82) is 0 Å². The van der Waals surface area contributed by atoms with Crippen LogP contribution in [0, 0.1) is 11.8 Å². The summed E-state index contributed by atoms with van der Waals surface area (Å²) in [5.74, 6) is 0.110. The van der Waals surface area contributed by atoms with Crippen LogP contribution in [-0.2, 0) is 42.7 Å². The molecule has 0 aromatic carbocycles. The quantitative estimate of drug-likeness (QED) is 0.0693. The van der Waals surface area contributed by atoms with Gasteiger partial charge in [0, 0.05) is 39.3 Å². The smallest absolute Gasteiger partial charge is 0.332 e. The highest BCUT2D eigenvalue weighted by molar-refractivity contribution is 5.70. The summed E-state index contributed by atoms with van der Waals surface area (Å²) in [5.41, 5.74) is 0. The lowest BCUT2D eigenvalue weighted by Crippen LogP contribution is -2.31. The summed E-state index contributed by atoms with van der Waals surface area (Å²) in [5, 5.41) is 0. The Morgan fingerprint density at radius 2 is 1.49 bits per heavy atom. The van der Waals surface area contributed by atoms with Crippen molar-refractivity contribution in [1.82, 2.24) is 0 Å². The van der Waals surface area contributed by atoms with E-state index >= 15 is 0 Å². The molecule has 3 saturated heterocycles. The van der Waals surface area contributed by atoms with Crippen LogP contribution in [0.15, 0.2) is 24.3 Å². The molecule has 0 aromatic heterocycles. The van der Waals surface area contributed by atoms with Crippen LogP contribution >= 0.6 is 0 Å². The molecule has 9 heteroatoms. The molecule has 3 heterocycles. The molecule has 4 rings (SSSR count). The SMILES string of the molecule is CCCCC[C@@H](C=C[C@@H]1[C@@H](CC=CCCCCOC(=O)COC)[C@@H](OC2CCCCO2)C[C@H]1OC1CCCCO1)OC1CCCCO1. The van der Waals surface area contributed by atoms with Gasteiger partial charge in [-0.25, -0.2) is 4.79 Å². The second-order valence-corrected chi connectivity index (χ2v) is 13.6. The van der Waals surface area contributed by atoms with Gasteiger partial charge in [-0.15, -0.1) is 0 Å². The third-order valence-electron chi connectivity index (χ3n) is 9.76. The van der Waals surface area contributed by atoms with Crippen LogP contribution in [0.5, 0.6) is 0 Å². The fourth-order valence-corrected chi connectivity index (χ4v) is 7.14. The largest absolute Gasteiger partial charge is 0.464 e. The molecule has 0 N–H and O–H groups in total. The van der Waals surface area contributed by atoms with Crippen LogP contribution in [0.1, 0.15) is 122 Å². The van der Waals surface area contributed by atoms with E-state index in [-0.39, 0.29) is 61.6 Å². The van der Waals surface area contributed by atoms with Crippen LogP contribution in [-0.4, -0.2) is 83.3 Å². The lowest BCUT2D eigenvalue weighted by atomic mass is 9.89. The lowest BCUT2D eigenvalue weighted by Gasteiger charge is -2.30. The fourth-order valence-electron chi connectivity index (χ4n) is 7.14. The molecular weight excluding hydrogens is 600 g/mol. The summed E-state index contributed by atoms with van der Waals surface area (Å²) in [6, 6.07) is 0. The van der Waals surface area contributed by atoms with E-state index < -0.39 is 0 Å². The topological polar surface area (TPSA) is 90.9 Å². The third kappa shape index (κ3) is 14.6. The molecule has 9 nitrogen and oxygen atoms in total.